The van der Waals surface area contributed by atoms with Crippen LogP contribution in [0.4, 0.5) is 11.6 Å². The molecule has 144 valence electrons. The zero-order valence-electron chi connectivity index (χ0n) is 15.9. The van der Waals surface area contributed by atoms with E-state index in [2.05, 4.69) is 44.5 Å². The van der Waals surface area contributed by atoms with Crippen molar-refractivity contribution in [1.29, 1.82) is 0 Å². The molecule has 0 amide bonds. The second-order valence-electron chi connectivity index (χ2n) is 6.91. The van der Waals surface area contributed by atoms with Crippen molar-refractivity contribution in [3.05, 3.63) is 65.9 Å². The number of rotatable bonds is 6. The summed E-state index contributed by atoms with van der Waals surface area (Å²) in [7, 11) is 0. The van der Waals surface area contributed by atoms with Crippen molar-refractivity contribution in [2.75, 3.05) is 36.5 Å². The minimum atomic E-state index is 0.155. The van der Waals surface area contributed by atoms with Gasteiger partial charge < -0.3 is 15.3 Å². The van der Waals surface area contributed by atoms with E-state index in [0.717, 1.165) is 43.3 Å². The van der Waals surface area contributed by atoms with Crippen LogP contribution in [0.25, 0.3) is 11.5 Å². The third-order valence-electron chi connectivity index (χ3n) is 4.99. The number of fused-ring (bicyclic) bond motifs is 1. The maximum Gasteiger partial charge on any atom is 0.182 e. The molecular weight excluding hydrogens is 350 g/mol. The summed E-state index contributed by atoms with van der Waals surface area (Å²) in [6, 6.07) is 16.4. The Balaban J connectivity index is 1.63. The fraction of sp³-hybridized carbons (Fsp3) is 0.318. The van der Waals surface area contributed by atoms with Crippen LogP contribution in [0.5, 0.6) is 0 Å². The van der Waals surface area contributed by atoms with Gasteiger partial charge in [-0.2, -0.15) is 0 Å². The number of hydrogen-bond donors (Lipinski definition) is 2. The van der Waals surface area contributed by atoms with E-state index in [-0.39, 0.29) is 6.61 Å². The van der Waals surface area contributed by atoms with Gasteiger partial charge in [-0.1, -0.05) is 30.3 Å². The lowest BCUT2D eigenvalue weighted by Gasteiger charge is -2.22. The topological polar surface area (TPSA) is 74.2 Å². The van der Waals surface area contributed by atoms with E-state index in [1.54, 1.807) is 6.20 Å². The monoisotopic (exact) mass is 375 g/mol. The Bertz CT molecular complexity index is 889. The van der Waals surface area contributed by atoms with Crippen LogP contribution in [0.15, 0.2) is 54.7 Å². The molecule has 0 saturated carbocycles. The predicted molar refractivity (Wildman–Crippen MR) is 112 cm³/mol. The number of benzene rings is 1. The van der Waals surface area contributed by atoms with Gasteiger partial charge in [0.15, 0.2) is 5.82 Å². The van der Waals surface area contributed by atoms with Gasteiger partial charge in [0, 0.05) is 38.5 Å². The molecule has 0 fully saturated rings. The average molecular weight is 375 g/mol. The predicted octanol–water partition coefficient (Wildman–Crippen LogP) is 2.94. The largest absolute Gasteiger partial charge is 0.396 e. The molecule has 0 spiro atoms. The molecule has 2 N–H and O–H groups in total. The summed E-state index contributed by atoms with van der Waals surface area (Å²) >= 11 is 0. The maximum absolute atomic E-state index is 9.06. The molecule has 6 heteroatoms. The standard InChI is InChI=1S/C22H25N5O/c28-15-5-12-24-20-16-21(26-22(25-20)19-8-3-4-11-23-19)27-13-9-17-6-1-2-7-18(17)10-14-27/h1-4,6-8,11,16,28H,5,9-10,12-15H2,(H,24,25,26). The van der Waals surface area contributed by atoms with Gasteiger partial charge in [0.25, 0.3) is 0 Å². The van der Waals surface area contributed by atoms with E-state index in [0.29, 0.717) is 18.8 Å². The maximum atomic E-state index is 9.06. The van der Waals surface area contributed by atoms with E-state index >= 15 is 0 Å². The van der Waals surface area contributed by atoms with Gasteiger partial charge in [0.1, 0.15) is 17.3 Å². The number of nitrogens with zero attached hydrogens (tertiary/aromatic N) is 4. The van der Waals surface area contributed by atoms with Gasteiger partial charge in [0.2, 0.25) is 0 Å². The highest BCUT2D eigenvalue weighted by molar-refractivity contribution is 5.59. The molecule has 0 radical (unpaired) electrons. The number of nitrogens with one attached hydrogen (secondary N) is 1. The lowest BCUT2D eigenvalue weighted by molar-refractivity contribution is 0.292. The molecule has 0 atom stereocenters. The van der Waals surface area contributed by atoms with Crippen LogP contribution in [0.3, 0.4) is 0 Å². The zero-order valence-corrected chi connectivity index (χ0v) is 15.9. The second kappa shape index (κ2) is 8.80. The Morgan fingerprint density at radius 3 is 2.39 bits per heavy atom. The van der Waals surface area contributed by atoms with Gasteiger partial charge in [-0.3, -0.25) is 4.98 Å². The lowest BCUT2D eigenvalue weighted by atomic mass is 10.0. The van der Waals surface area contributed by atoms with Crippen LogP contribution in [0, 0.1) is 0 Å². The number of aliphatic hydroxyl groups is 1. The molecule has 6 nitrogen and oxygen atoms in total. The molecule has 1 aliphatic rings. The fourth-order valence-electron chi connectivity index (χ4n) is 3.49. The summed E-state index contributed by atoms with van der Waals surface area (Å²) in [6.45, 7) is 2.67. The first-order valence-electron chi connectivity index (χ1n) is 9.80. The lowest BCUT2D eigenvalue weighted by Crippen LogP contribution is -2.27. The molecular formula is C22H25N5O. The Morgan fingerprint density at radius 2 is 1.71 bits per heavy atom. The summed E-state index contributed by atoms with van der Waals surface area (Å²) in [5.74, 6) is 2.29. The van der Waals surface area contributed by atoms with Gasteiger partial charge in [0.05, 0.1) is 0 Å². The van der Waals surface area contributed by atoms with Crippen LogP contribution >= 0.6 is 0 Å². The molecule has 3 aromatic rings. The van der Waals surface area contributed by atoms with Crippen LogP contribution < -0.4 is 10.2 Å². The Labute approximate surface area is 165 Å². The number of hydrogen-bond acceptors (Lipinski definition) is 6. The van der Waals surface area contributed by atoms with Crippen LogP contribution in [0.2, 0.25) is 0 Å². The highest BCUT2D eigenvalue weighted by atomic mass is 16.3. The summed E-state index contributed by atoms with van der Waals surface area (Å²) in [4.78, 5) is 16.2. The zero-order chi connectivity index (χ0) is 19.2. The molecule has 0 aliphatic carbocycles. The molecule has 1 aromatic carbocycles. The highest BCUT2D eigenvalue weighted by Gasteiger charge is 2.17. The van der Waals surface area contributed by atoms with Crippen molar-refractivity contribution in [2.45, 2.75) is 19.3 Å². The van der Waals surface area contributed by atoms with Gasteiger partial charge in [-0.05, 0) is 42.5 Å². The molecule has 28 heavy (non-hydrogen) atoms. The van der Waals surface area contributed by atoms with E-state index in [1.807, 2.05) is 24.3 Å². The molecule has 0 unspecified atom stereocenters. The number of anilines is 2. The van der Waals surface area contributed by atoms with E-state index in [9.17, 15) is 0 Å². The summed E-state index contributed by atoms with van der Waals surface area (Å²) in [5.41, 5.74) is 3.60. The first-order valence-corrected chi connectivity index (χ1v) is 9.80. The average Bonchev–Trinajstić information content (AvgIpc) is 2.97. The number of aliphatic hydroxyl groups excluding tert-OH is 1. The molecule has 1 aliphatic heterocycles. The Hall–Kier alpha value is -2.99. The second-order valence-corrected chi connectivity index (χ2v) is 6.91. The first-order chi connectivity index (χ1) is 13.8. The third-order valence-corrected chi connectivity index (χ3v) is 4.99. The van der Waals surface area contributed by atoms with Crippen LogP contribution in [-0.2, 0) is 12.8 Å². The molecule has 2 aromatic heterocycles. The molecule has 0 saturated heterocycles. The van der Waals surface area contributed by atoms with Gasteiger partial charge >= 0.3 is 0 Å². The van der Waals surface area contributed by atoms with Gasteiger partial charge in [-0.25, -0.2) is 9.97 Å². The molecule has 0 bridgehead atoms. The fourth-order valence-corrected chi connectivity index (χ4v) is 3.49. The minimum absolute atomic E-state index is 0.155. The molecule has 3 heterocycles. The minimum Gasteiger partial charge on any atom is -0.396 e. The Morgan fingerprint density at radius 1 is 0.964 bits per heavy atom. The highest BCUT2D eigenvalue weighted by Crippen LogP contribution is 2.24. The van der Waals surface area contributed by atoms with E-state index in [4.69, 9.17) is 10.1 Å². The van der Waals surface area contributed by atoms with Crippen molar-refractivity contribution >= 4 is 11.6 Å². The normalized spacial score (nSPS) is 13.7. The first kappa shape index (κ1) is 18.4. The summed E-state index contributed by atoms with van der Waals surface area (Å²) in [6.07, 6.45) is 4.45. The van der Waals surface area contributed by atoms with Crippen molar-refractivity contribution in [2.24, 2.45) is 0 Å². The van der Waals surface area contributed by atoms with Crippen molar-refractivity contribution in [3.63, 3.8) is 0 Å². The number of aromatic nitrogens is 3. The summed E-state index contributed by atoms with van der Waals surface area (Å²) in [5, 5.41) is 12.4. The van der Waals surface area contributed by atoms with E-state index < -0.39 is 0 Å². The van der Waals surface area contributed by atoms with Crippen molar-refractivity contribution in [1.82, 2.24) is 15.0 Å². The smallest absolute Gasteiger partial charge is 0.182 e. The van der Waals surface area contributed by atoms with Crippen LogP contribution in [-0.4, -0.2) is 46.3 Å². The van der Waals surface area contributed by atoms with Crippen molar-refractivity contribution in [3.8, 4) is 11.5 Å². The molecule has 4 rings (SSSR count). The SMILES string of the molecule is OCCCNc1cc(N2CCc3ccccc3CC2)nc(-c2ccccn2)n1. The van der Waals surface area contributed by atoms with Gasteiger partial charge in [-0.15, -0.1) is 0 Å². The summed E-state index contributed by atoms with van der Waals surface area (Å²) < 4.78 is 0. The van der Waals surface area contributed by atoms with Crippen molar-refractivity contribution < 1.29 is 5.11 Å². The Kier molecular flexibility index (Phi) is 5.77. The number of pyridine rings is 1. The third kappa shape index (κ3) is 4.28. The van der Waals surface area contributed by atoms with Crippen LogP contribution in [0.1, 0.15) is 17.5 Å². The quantitative estimate of drug-likeness (QED) is 0.646. The van der Waals surface area contributed by atoms with E-state index in [1.165, 1.54) is 11.1 Å².